The average molecular weight is 291 g/mol. The van der Waals surface area contributed by atoms with Crippen LogP contribution in [0.1, 0.15) is 35.8 Å². The molecule has 1 rings (SSSR count). The summed E-state index contributed by atoms with van der Waals surface area (Å²) in [7, 11) is 0. The summed E-state index contributed by atoms with van der Waals surface area (Å²) >= 11 is 0. The van der Waals surface area contributed by atoms with Gasteiger partial charge in [-0.1, -0.05) is 13.3 Å². The van der Waals surface area contributed by atoms with E-state index < -0.39 is 23.9 Å². The Hall–Kier alpha value is -1.83. The van der Waals surface area contributed by atoms with E-state index in [1.54, 1.807) is 0 Å². The Bertz CT molecular complexity index is 478. The second-order valence-corrected chi connectivity index (χ2v) is 4.28. The molecule has 112 valence electrons. The zero-order chi connectivity index (χ0) is 15.3. The van der Waals surface area contributed by atoms with Crippen molar-refractivity contribution in [2.24, 2.45) is 5.73 Å². The third kappa shape index (κ3) is 4.37. The monoisotopic (exact) mass is 291 g/mol. The van der Waals surface area contributed by atoms with Crippen LogP contribution in [-0.2, 0) is 6.18 Å². The van der Waals surface area contributed by atoms with Crippen molar-refractivity contribution in [1.29, 1.82) is 0 Å². The number of carbonyl (C=O) groups is 1. The highest BCUT2D eigenvalue weighted by Crippen LogP contribution is 2.29. The van der Waals surface area contributed by atoms with Crippen LogP contribution in [0.5, 0.6) is 0 Å². The molecular formula is C12H16F3N3O2. The van der Waals surface area contributed by atoms with Crippen molar-refractivity contribution in [3.63, 3.8) is 0 Å². The van der Waals surface area contributed by atoms with Crippen molar-refractivity contribution in [3.8, 4) is 0 Å². The van der Waals surface area contributed by atoms with E-state index in [-0.39, 0.29) is 17.9 Å². The van der Waals surface area contributed by atoms with Crippen LogP contribution < -0.4 is 11.1 Å². The molecule has 0 bridgehead atoms. The van der Waals surface area contributed by atoms with Crippen molar-refractivity contribution in [2.75, 3.05) is 11.9 Å². The second kappa shape index (κ2) is 6.56. The lowest BCUT2D eigenvalue weighted by Gasteiger charge is -2.15. The van der Waals surface area contributed by atoms with E-state index in [4.69, 9.17) is 5.73 Å². The van der Waals surface area contributed by atoms with Crippen LogP contribution in [0.15, 0.2) is 12.1 Å². The summed E-state index contributed by atoms with van der Waals surface area (Å²) in [4.78, 5) is 14.5. The molecule has 0 saturated carbocycles. The van der Waals surface area contributed by atoms with Gasteiger partial charge in [0.25, 0.3) is 5.91 Å². The topological polar surface area (TPSA) is 88.2 Å². The summed E-state index contributed by atoms with van der Waals surface area (Å²) in [5.41, 5.74) is 3.80. The molecule has 1 aromatic heterocycles. The van der Waals surface area contributed by atoms with Crippen LogP contribution in [0.4, 0.5) is 19.0 Å². The number of anilines is 1. The number of alkyl halides is 3. The van der Waals surface area contributed by atoms with Gasteiger partial charge in [0.2, 0.25) is 0 Å². The van der Waals surface area contributed by atoms with Crippen LogP contribution in [-0.4, -0.2) is 28.6 Å². The van der Waals surface area contributed by atoms with Crippen LogP contribution >= 0.6 is 0 Å². The Morgan fingerprint density at radius 3 is 2.65 bits per heavy atom. The first kappa shape index (κ1) is 16.2. The molecule has 1 unspecified atom stereocenters. The van der Waals surface area contributed by atoms with Gasteiger partial charge in [-0.05, 0) is 18.6 Å². The van der Waals surface area contributed by atoms with Crippen molar-refractivity contribution in [2.45, 2.75) is 32.0 Å². The summed E-state index contributed by atoms with van der Waals surface area (Å²) in [6, 6.07) is 1.65. The minimum atomic E-state index is -4.62. The highest BCUT2D eigenvalue weighted by molar-refractivity contribution is 5.97. The molecule has 0 aliphatic carbocycles. The number of nitrogens with two attached hydrogens (primary N) is 1. The number of amides is 1. The summed E-state index contributed by atoms with van der Waals surface area (Å²) in [6.45, 7) is 1.85. The number of hydrogen-bond donors (Lipinski definition) is 3. The lowest BCUT2D eigenvalue weighted by atomic mass is 10.2. The molecule has 0 fully saturated rings. The van der Waals surface area contributed by atoms with Crippen molar-refractivity contribution in [3.05, 3.63) is 23.4 Å². The van der Waals surface area contributed by atoms with Gasteiger partial charge in [-0.25, -0.2) is 4.98 Å². The molecular weight excluding hydrogens is 275 g/mol. The number of rotatable bonds is 6. The minimum Gasteiger partial charge on any atom is -0.391 e. The fourth-order valence-electron chi connectivity index (χ4n) is 1.60. The molecule has 1 amide bonds. The van der Waals surface area contributed by atoms with Gasteiger partial charge in [0, 0.05) is 6.54 Å². The smallest absolute Gasteiger partial charge is 0.391 e. The third-order valence-corrected chi connectivity index (χ3v) is 2.58. The molecule has 0 aliphatic heterocycles. The number of nitrogens with zero attached hydrogens (tertiary/aromatic N) is 1. The number of aromatic nitrogens is 1. The molecule has 4 N–H and O–H groups in total. The largest absolute Gasteiger partial charge is 0.433 e. The fraction of sp³-hybridized carbons (Fsp3) is 0.500. The van der Waals surface area contributed by atoms with Crippen LogP contribution in [0.2, 0.25) is 0 Å². The van der Waals surface area contributed by atoms with Gasteiger partial charge in [0.1, 0.15) is 11.5 Å². The molecule has 1 heterocycles. The summed E-state index contributed by atoms with van der Waals surface area (Å²) in [6.07, 6.45) is -4.15. The van der Waals surface area contributed by atoms with E-state index in [1.807, 2.05) is 6.92 Å². The number of nitrogens with one attached hydrogen (secondary N) is 1. The maximum Gasteiger partial charge on any atom is 0.433 e. The van der Waals surface area contributed by atoms with Crippen LogP contribution in [0, 0.1) is 0 Å². The third-order valence-electron chi connectivity index (χ3n) is 2.58. The number of hydrogen-bond acceptors (Lipinski definition) is 4. The number of aliphatic hydroxyl groups is 1. The Morgan fingerprint density at radius 2 is 2.15 bits per heavy atom. The fourth-order valence-corrected chi connectivity index (χ4v) is 1.60. The number of pyridine rings is 1. The molecule has 0 saturated heterocycles. The molecule has 8 heteroatoms. The average Bonchev–Trinajstić information content (AvgIpc) is 2.35. The van der Waals surface area contributed by atoms with Gasteiger partial charge in [0.15, 0.2) is 0 Å². The van der Waals surface area contributed by atoms with E-state index in [0.29, 0.717) is 12.5 Å². The molecule has 0 aromatic carbocycles. The van der Waals surface area contributed by atoms with Crippen molar-refractivity contribution < 1.29 is 23.1 Å². The van der Waals surface area contributed by atoms with Crippen molar-refractivity contribution in [1.82, 2.24) is 4.98 Å². The molecule has 5 nitrogen and oxygen atoms in total. The molecule has 1 aromatic rings. The van der Waals surface area contributed by atoms with Gasteiger partial charge >= 0.3 is 6.18 Å². The van der Waals surface area contributed by atoms with Crippen LogP contribution in [0.3, 0.4) is 0 Å². The molecule has 0 radical (unpaired) electrons. The van der Waals surface area contributed by atoms with E-state index in [2.05, 4.69) is 10.3 Å². The van der Waals surface area contributed by atoms with Gasteiger partial charge in [0.05, 0.1) is 11.7 Å². The number of aliphatic hydroxyl groups excluding tert-OH is 1. The van der Waals surface area contributed by atoms with E-state index in [1.165, 1.54) is 0 Å². The Morgan fingerprint density at radius 1 is 1.50 bits per heavy atom. The molecule has 20 heavy (non-hydrogen) atoms. The Kier molecular flexibility index (Phi) is 5.32. The highest BCUT2D eigenvalue weighted by atomic mass is 19.4. The van der Waals surface area contributed by atoms with E-state index in [0.717, 1.165) is 12.5 Å². The predicted octanol–water partition coefficient (Wildman–Crippen LogP) is 1.77. The van der Waals surface area contributed by atoms with Gasteiger partial charge in [-0.3, -0.25) is 4.79 Å². The number of primary amides is 1. The maximum atomic E-state index is 12.6. The summed E-state index contributed by atoms with van der Waals surface area (Å²) in [5, 5.41) is 12.1. The Balaban J connectivity index is 2.98. The molecule has 0 aliphatic rings. The highest BCUT2D eigenvalue weighted by Gasteiger charge is 2.33. The first-order valence-electron chi connectivity index (χ1n) is 6.05. The predicted molar refractivity (Wildman–Crippen MR) is 67.2 cm³/mol. The van der Waals surface area contributed by atoms with Gasteiger partial charge < -0.3 is 16.2 Å². The second-order valence-electron chi connectivity index (χ2n) is 4.28. The normalized spacial score (nSPS) is 13.1. The Labute approximate surface area is 114 Å². The number of carbonyl (C=O) groups excluding carboxylic acids is 1. The van der Waals surface area contributed by atoms with Crippen LogP contribution in [0.25, 0.3) is 0 Å². The van der Waals surface area contributed by atoms with Crippen molar-refractivity contribution >= 4 is 11.7 Å². The van der Waals surface area contributed by atoms with Gasteiger partial charge in [-0.2, -0.15) is 13.2 Å². The van der Waals surface area contributed by atoms with E-state index in [9.17, 15) is 23.1 Å². The lowest BCUT2D eigenvalue weighted by molar-refractivity contribution is -0.141. The van der Waals surface area contributed by atoms with Gasteiger partial charge in [-0.15, -0.1) is 0 Å². The lowest BCUT2D eigenvalue weighted by Crippen LogP contribution is -2.23. The minimum absolute atomic E-state index is 0.0115. The van der Waals surface area contributed by atoms with E-state index >= 15 is 0 Å². The first-order valence-corrected chi connectivity index (χ1v) is 6.05. The zero-order valence-electron chi connectivity index (χ0n) is 10.9. The maximum absolute atomic E-state index is 12.6. The quantitative estimate of drug-likeness (QED) is 0.745. The zero-order valence-corrected chi connectivity index (χ0v) is 10.9. The first-order chi connectivity index (χ1) is 9.25. The standard InChI is InChI=1S/C12H16F3N3O2/c1-2-3-7(19)6-17-11-8(10(16)20)4-5-9(18-11)12(13,14)15/h4-5,7,19H,2-3,6H2,1H3,(H2,16,20)(H,17,18). The number of halogens is 3. The SMILES string of the molecule is CCCC(O)CNc1nc(C(F)(F)F)ccc1C(N)=O. The molecule has 0 spiro atoms. The molecule has 1 atom stereocenters. The summed E-state index contributed by atoms with van der Waals surface area (Å²) < 4.78 is 37.7. The summed E-state index contributed by atoms with van der Waals surface area (Å²) in [5.74, 6) is -1.17.